The van der Waals surface area contributed by atoms with Gasteiger partial charge in [0, 0.05) is 6.20 Å². The molecule has 2 unspecified atom stereocenters. The fraction of sp³-hybridized carbons (Fsp3) is 0.500. The van der Waals surface area contributed by atoms with Crippen LogP contribution < -0.4 is 17.0 Å². The number of hydrogen-bond acceptors (Lipinski definition) is 16. The van der Waals surface area contributed by atoms with Gasteiger partial charge in [0.25, 0.3) is 5.56 Å². The van der Waals surface area contributed by atoms with E-state index in [1.807, 2.05) is 0 Å². The van der Waals surface area contributed by atoms with Gasteiger partial charge in [-0.2, -0.15) is 9.67 Å². The largest absolute Gasteiger partial charge is 0.397 e. The van der Waals surface area contributed by atoms with Crippen LogP contribution in [0.4, 0.5) is 24.8 Å². The highest BCUT2D eigenvalue weighted by Gasteiger charge is 2.63. The van der Waals surface area contributed by atoms with Crippen molar-refractivity contribution in [1.29, 1.82) is 0 Å². The number of H-pyrrole nitrogens is 1. The monoisotopic (exact) mass is 728 g/mol. The lowest BCUT2D eigenvalue weighted by molar-refractivity contribution is -0.118. The number of anilines is 2. The number of halogens is 3. The van der Waals surface area contributed by atoms with Gasteiger partial charge in [-0.1, -0.05) is 5.21 Å². The molecule has 7 N–H and O–H groups in total. The third-order valence-corrected chi connectivity index (χ3v) is 10.4. The second-order valence-corrected chi connectivity index (χ2v) is 15.8. The summed E-state index contributed by atoms with van der Waals surface area (Å²) in [5.41, 5.74) is 10.6. The molecule has 26 heteroatoms. The predicted molar refractivity (Wildman–Crippen MR) is 155 cm³/mol. The number of nitrogens with two attached hydrogens (primary N) is 2. The van der Waals surface area contributed by atoms with Crippen molar-refractivity contribution in [2.24, 2.45) is 0 Å². The number of alkyl halides is 3. The van der Waals surface area contributed by atoms with Crippen LogP contribution in [0.15, 0.2) is 23.4 Å². The standard InChI is InChI=1S/C20H21F3N10O9P2S2/c21-9-12-7(39-17(9)32-5-27-10-6(24)1-2-26-14(10)32)3-37-44(36,46)42-13-18(33-15-11(30-31-33)16(34)29-19(25)28-15)40-8(20(13,22)23)4-38-43(35,45)41-12/h1-2,5,7-9,12-13,17-18H,3-4H2,(H2,24,26)(H,35,45)(H,36,46)(H3,25,28,29,34)/t7-,8-,9+,12-,13+,17-,18-,43?,44?/m1/s1. The molecule has 0 saturated carbocycles. The van der Waals surface area contributed by atoms with Gasteiger partial charge in [0.15, 0.2) is 47.6 Å². The molecule has 46 heavy (non-hydrogen) atoms. The SMILES string of the molecule is Nc1nc2c(nnn2[C@@H]2O[C@@H]3COP(O)(=S)O[C@H]4[C@H](F)[C@H](n5cnc6c(N)ccnc65)O[C@@H]4COP(O)(=S)O[C@@H]2C3(F)F)c(=O)[nH]1. The zero-order valence-corrected chi connectivity index (χ0v) is 26.0. The van der Waals surface area contributed by atoms with Crippen molar-refractivity contribution in [3.05, 3.63) is 28.9 Å². The first kappa shape index (κ1) is 31.8. The van der Waals surface area contributed by atoms with Gasteiger partial charge in [-0.15, -0.1) is 5.10 Å². The molecule has 7 heterocycles. The Labute approximate surface area is 263 Å². The van der Waals surface area contributed by atoms with E-state index in [9.17, 15) is 14.6 Å². The van der Waals surface area contributed by atoms with E-state index in [4.69, 9.17) is 62.6 Å². The normalized spacial score (nSPS) is 36.7. The zero-order chi connectivity index (χ0) is 32.8. The van der Waals surface area contributed by atoms with Crippen molar-refractivity contribution in [1.82, 2.24) is 39.5 Å². The summed E-state index contributed by atoms with van der Waals surface area (Å²) in [7, 11) is 0. The summed E-state index contributed by atoms with van der Waals surface area (Å²) in [5, 5.41) is 7.32. The zero-order valence-electron chi connectivity index (χ0n) is 22.6. The Morgan fingerprint density at radius 3 is 2.57 bits per heavy atom. The minimum absolute atomic E-state index is 0.151. The number of aromatic amines is 1. The Morgan fingerprint density at radius 2 is 1.78 bits per heavy atom. The first-order valence-electron chi connectivity index (χ1n) is 13.0. The minimum Gasteiger partial charge on any atom is -0.397 e. The maximum atomic E-state index is 16.0. The fourth-order valence-electron chi connectivity index (χ4n) is 5.20. The number of ether oxygens (including phenoxy) is 2. The second kappa shape index (κ2) is 11.2. The Bertz CT molecular complexity index is 2000. The van der Waals surface area contributed by atoms with E-state index >= 15 is 13.2 Å². The lowest BCUT2D eigenvalue weighted by Crippen LogP contribution is -2.42. The Hall–Kier alpha value is -2.73. The molecule has 0 aliphatic carbocycles. The Kier molecular flexibility index (Phi) is 7.74. The Balaban J connectivity index is 1.23. The number of fused-ring (bicyclic) bond motifs is 5. The number of nitrogen functional groups attached to an aromatic ring is 2. The molecule has 0 radical (unpaired) electrons. The van der Waals surface area contributed by atoms with Gasteiger partial charge < -0.3 is 39.8 Å². The highest BCUT2D eigenvalue weighted by atomic mass is 32.5. The maximum absolute atomic E-state index is 16.0. The molecule has 3 aliphatic heterocycles. The van der Waals surface area contributed by atoms with Crippen molar-refractivity contribution in [2.75, 3.05) is 24.7 Å². The van der Waals surface area contributed by atoms with Gasteiger partial charge in [0.2, 0.25) is 5.95 Å². The number of nitrogens with zero attached hydrogens (tertiary/aromatic N) is 7. The molecule has 4 aromatic heterocycles. The summed E-state index contributed by atoms with van der Waals surface area (Å²) in [5.74, 6) is -4.44. The second-order valence-electron chi connectivity index (χ2n) is 10.2. The molecule has 7 rings (SSSR count). The van der Waals surface area contributed by atoms with E-state index in [0.717, 1.165) is 0 Å². The lowest BCUT2D eigenvalue weighted by atomic mass is 10.1. The molecule has 4 aromatic rings. The lowest BCUT2D eigenvalue weighted by Gasteiger charge is -2.27. The first-order chi connectivity index (χ1) is 21.6. The van der Waals surface area contributed by atoms with Gasteiger partial charge in [0.05, 0.1) is 25.2 Å². The van der Waals surface area contributed by atoms with E-state index in [2.05, 4.69) is 30.2 Å². The van der Waals surface area contributed by atoms with Crippen LogP contribution in [-0.2, 0) is 51.2 Å². The van der Waals surface area contributed by atoms with E-state index in [-0.39, 0.29) is 28.0 Å². The average molecular weight is 729 g/mol. The summed E-state index contributed by atoms with van der Waals surface area (Å²) in [6.07, 6.45) is -10.9. The average Bonchev–Trinajstić information content (AvgIpc) is 3.71. The number of aromatic nitrogens is 8. The third kappa shape index (κ3) is 5.41. The molecule has 0 spiro atoms. The van der Waals surface area contributed by atoms with E-state index < -0.39 is 87.1 Å². The van der Waals surface area contributed by atoms with Crippen molar-refractivity contribution >= 4 is 71.0 Å². The van der Waals surface area contributed by atoms with Gasteiger partial charge in [-0.3, -0.25) is 23.4 Å². The number of pyridine rings is 1. The summed E-state index contributed by atoms with van der Waals surface area (Å²) in [4.78, 5) is 48.4. The number of imidazole rings is 1. The van der Waals surface area contributed by atoms with Crippen LogP contribution in [0.2, 0.25) is 0 Å². The van der Waals surface area contributed by atoms with Crippen LogP contribution in [0.3, 0.4) is 0 Å². The highest BCUT2D eigenvalue weighted by Crippen LogP contribution is 2.57. The molecule has 2 bridgehead atoms. The summed E-state index contributed by atoms with van der Waals surface area (Å²) in [6, 6.07) is 1.49. The van der Waals surface area contributed by atoms with Gasteiger partial charge >= 0.3 is 19.4 Å². The smallest absolute Gasteiger partial charge is 0.325 e. The van der Waals surface area contributed by atoms with E-state index in [1.165, 1.54) is 23.2 Å². The summed E-state index contributed by atoms with van der Waals surface area (Å²) >= 11 is 10.1. The van der Waals surface area contributed by atoms with Crippen molar-refractivity contribution in [3.63, 3.8) is 0 Å². The molecular weight excluding hydrogens is 707 g/mol. The van der Waals surface area contributed by atoms with Crippen LogP contribution in [0.5, 0.6) is 0 Å². The molecule has 9 atom stereocenters. The Morgan fingerprint density at radius 1 is 1.04 bits per heavy atom. The molecular formula is C20H21F3N10O9P2S2. The molecule has 3 saturated heterocycles. The fourth-order valence-corrected chi connectivity index (χ4v) is 8.01. The topological polar surface area (TPSA) is 255 Å². The van der Waals surface area contributed by atoms with Crippen molar-refractivity contribution in [2.45, 2.75) is 49.0 Å². The van der Waals surface area contributed by atoms with Crippen molar-refractivity contribution < 1.29 is 50.5 Å². The number of rotatable bonds is 2. The third-order valence-electron chi connectivity index (χ3n) is 7.29. The predicted octanol–water partition coefficient (Wildman–Crippen LogP) is 0.143. The number of hydrogen-bond donors (Lipinski definition) is 5. The van der Waals surface area contributed by atoms with Crippen LogP contribution in [0, 0.1) is 0 Å². The van der Waals surface area contributed by atoms with Crippen molar-refractivity contribution in [3.8, 4) is 0 Å². The first-order valence-corrected chi connectivity index (χ1v) is 18.2. The summed E-state index contributed by atoms with van der Waals surface area (Å²) in [6.45, 7) is -11.1. The van der Waals surface area contributed by atoms with E-state index in [1.54, 1.807) is 0 Å². The molecule has 3 fully saturated rings. The molecule has 3 aliphatic rings. The van der Waals surface area contributed by atoms with Crippen LogP contribution in [0.25, 0.3) is 22.3 Å². The molecule has 0 aromatic carbocycles. The minimum atomic E-state index is -4.65. The van der Waals surface area contributed by atoms with E-state index in [0.29, 0.717) is 4.68 Å². The molecule has 19 nitrogen and oxygen atoms in total. The number of nitrogens with one attached hydrogen (secondary N) is 1. The van der Waals surface area contributed by atoms with Crippen LogP contribution >= 0.6 is 13.4 Å². The van der Waals surface area contributed by atoms with Gasteiger partial charge in [0.1, 0.15) is 17.7 Å². The summed E-state index contributed by atoms with van der Waals surface area (Å²) < 4.78 is 82.2. The molecule has 248 valence electrons. The van der Waals surface area contributed by atoms with Crippen LogP contribution in [-0.4, -0.2) is 99.0 Å². The maximum Gasteiger partial charge on any atom is 0.325 e. The quantitative estimate of drug-likeness (QED) is 0.172. The van der Waals surface area contributed by atoms with Gasteiger partial charge in [-0.25, -0.2) is 23.1 Å². The molecule has 0 amide bonds. The highest BCUT2D eigenvalue weighted by molar-refractivity contribution is 8.07. The van der Waals surface area contributed by atoms with Crippen LogP contribution in [0.1, 0.15) is 12.5 Å². The van der Waals surface area contributed by atoms with Gasteiger partial charge in [-0.05, 0) is 29.7 Å².